The lowest BCUT2D eigenvalue weighted by Gasteiger charge is -2.32. The van der Waals surface area contributed by atoms with Crippen LogP contribution in [0.4, 0.5) is 15.8 Å². The van der Waals surface area contributed by atoms with Gasteiger partial charge in [-0.2, -0.15) is 0 Å². The lowest BCUT2D eigenvalue weighted by Crippen LogP contribution is -2.46. The average Bonchev–Trinajstić information content (AvgIpc) is 2.91. The molecule has 1 fully saturated rings. The molecule has 3 aromatic carbocycles. The van der Waals surface area contributed by atoms with E-state index in [9.17, 15) is 18.8 Å². The van der Waals surface area contributed by atoms with E-state index in [0.717, 1.165) is 11.8 Å². The van der Waals surface area contributed by atoms with Gasteiger partial charge in [-0.1, -0.05) is 41.6 Å². The molecule has 1 aliphatic rings. The summed E-state index contributed by atoms with van der Waals surface area (Å²) in [7, 11) is 0. The maximum absolute atomic E-state index is 14.2. The number of benzene rings is 3. The molecule has 2 amide bonds. The van der Waals surface area contributed by atoms with Crippen LogP contribution in [0.15, 0.2) is 77.8 Å². The second kappa shape index (κ2) is 12.7. The molecule has 7 nitrogen and oxygen atoms in total. The first-order valence-electron chi connectivity index (χ1n) is 12.0. The van der Waals surface area contributed by atoms with E-state index in [2.05, 4.69) is 10.3 Å². The summed E-state index contributed by atoms with van der Waals surface area (Å²) in [6, 6.07) is 19.5. The first-order chi connectivity index (χ1) is 18.3. The molecule has 0 unspecified atom stereocenters. The van der Waals surface area contributed by atoms with Crippen molar-refractivity contribution in [3.05, 3.63) is 94.8 Å². The van der Waals surface area contributed by atoms with Crippen LogP contribution in [0.25, 0.3) is 0 Å². The number of hydrogen-bond acceptors (Lipinski definition) is 6. The number of nitrogens with zero attached hydrogens (tertiary/aromatic N) is 2. The molecule has 1 N–H and O–H groups in total. The Morgan fingerprint density at radius 3 is 2.50 bits per heavy atom. The van der Waals surface area contributed by atoms with Crippen molar-refractivity contribution < 1.29 is 23.5 Å². The molecule has 4 rings (SSSR count). The maximum atomic E-state index is 14.2. The van der Waals surface area contributed by atoms with E-state index in [-0.39, 0.29) is 43.6 Å². The Morgan fingerprint density at radius 1 is 1.11 bits per heavy atom. The Labute approximate surface area is 229 Å². The van der Waals surface area contributed by atoms with Gasteiger partial charge in [0.15, 0.2) is 5.17 Å². The highest BCUT2D eigenvalue weighted by Gasteiger charge is 2.36. The van der Waals surface area contributed by atoms with E-state index in [4.69, 9.17) is 16.3 Å². The molecule has 1 aliphatic heterocycles. The number of carbonyl (C=O) groups excluding carboxylic acids is 3. The molecule has 0 spiro atoms. The summed E-state index contributed by atoms with van der Waals surface area (Å²) in [5.41, 5.74) is 1.90. The zero-order valence-corrected chi connectivity index (χ0v) is 22.1. The summed E-state index contributed by atoms with van der Waals surface area (Å²) >= 11 is 7.08. The van der Waals surface area contributed by atoms with E-state index in [1.165, 1.54) is 11.0 Å². The minimum absolute atomic E-state index is 0.0395. The summed E-state index contributed by atoms with van der Waals surface area (Å²) in [4.78, 5) is 44.3. The van der Waals surface area contributed by atoms with Gasteiger partial charge in [-0.15, -0.1) is 0 Å². The first-order valence-corrected chi connectivity index (χ1v) is 13.2. The van der Waals surface area contributed by atoms with Gasteiger partial charge in [-0.25, -0.2) is 14.2 Å². The van der Waals surface area contributed by atoms with Gasteiger partial charge in [0.1, 0.15) is 11.1 Å². The third kappa shape index (κ3) is 6.99. The van der Waals surface area contributed by atoms with Gasteiger partial charge in [-0.05, 0) is 73.5 Å². The van der Waals surface area contributed by atoms with E-state index in [0.29, 0.717) is 32.7 Å². The van der Waals surface area contributed by atoms with Crippen molar-refractivity contribution in [2.45, 2.75) is 25.0 Å². The zero-order chi connectivity index (χ0) is 27.1. The number of thioether (sulfide) groups is 1. The Morgan fingerprint density at radius 2 is 1.82 bits per heavy atom. The van der Waals surface area contributed by atoms with Crippen molar-refractivity contribution in [2.75, 3.05) is 18.5 Å². The highest BCUT2D eigenvalue weighted by molar-refractivity contribution is 8.15. The van der Waals surface area contributed by atoms with Crippen molar-refractivity contribution in [2.24, 2.45) is 4.99 Å². The van der Waals surface area contributed by atoms with Gasteiger partial charge in [0, 0.05) is 23.7 Å². The molecule has 1 heterocycles. The quantitative estimate of drug-likeness (QED) is 0.353. The number of esters is 1. The van der Waals surface area contributed by atoms with Gasteiger partial charge in [0.2, 0.25) is 11.8 Å². The van der Waals surface area contributed by atoms with Crippen LogP contribution in [0.1, 0.15) is 29.3 Å². The molecule has 3 aromatic rings. The Hall–Kier alpha value is -3.69. The van der Waals surface area contributed by atoms with Gasteiger partial charge < -0.3 is 10.1 Å². The molecule has 0 saturated carbocycles. The van der Waals surface area contributed by atoms with Gasteiger partial charge in [0.05, 0.1) is 17.9 Å². The smallest absolute Gasteiger partial charge is 0.338 e. The number of halogens is 2. The number of amidine groups is 1. The number of aliphatic imine (C=N–C) groups is 1. The monoisotopic (exact) mass is 553 g/mol. The number of hydrogen-bond donors (Lipinski definition) is 1. The molecule has 0 bridgehead atoms. The molecular weight excluding hydrogens is 529 g/mol. The third-order valence-corrected chi connectivity index (χ3v) is 7.15. The summed E-state index contributed by atoms with van der Waals surface area (Å²) < 4.78 is 19.2. The SMILES string of the molecule is CCOC(=O)c1ccc(N=C2S[C@@H](C(=O)Nc3ccc(Cl)cc3)CC(=O)N2CCc2ccccc2F)cc1. The first kappa shape index (κ1) is 27.3. The molecule has 196 valence electrons. The number of nitrogens with one attached hydrogen (secondary N) is 1. The van der Waals surface area contributed by atoms with Crippen molar-refractivity contribution in [1.82, 2.24) is 4.90 Å². The molecule has 0 aromatic heterocycles. The Bertz CT molecular complexity index is 1350. The lowest BCUT2D eigenvalue weighted by molar-refractivity contribution is -0.129. The number of ether oxygens (including phenoxy) is 1. The predicted octanol–water partition coefficient (Wildman–Crippen LogP) is 5.86. The second-order valence-electron chi connectivity index (χ2n) is 8.36. The van der Waals surface area contributed by atoms with Crippen LogP contribution in [-0.2, 0) is 20.7 Å². The summed E-state index contributed by atoms with van der Waals surface area (Å²) in [6.45, 7) is 2.18. The number of rotatable bonds is 8. The topological polar surface area (TPSA) is 88.1 Å². The fourth-order valence-electron chi connectivity index (χ4n) is 3.75. The van der Waals surface area contributed by atoms with Crippen LogP contribution in [0.3, 0.4) is 0 Å². The molecule has 1 atom stereocenters. The van der Waals surface area contributed by atoms with Crippen molar-refractivity contribution in [3.8, 4) is 0 Å². The van der Waals surface area contributed by atoms with E-state index < -0.39 is 11.2 Å². The second-order valence-corrected chi connectivity index (χ2v) is 9.96. The van der Waals surface area contributed by atoms with Crippen LogP contribution in [0, 0.1) is 5.82 Å². The predicted molar refractivity (Wildman–Crippen MR) is 147 cm³/mol. The fraction of sp³-hybridized carbons (Fsp3) is 0.214. The zero-order valence-electron chi connectivity index (χ0n) is 20.5. The summed E-state index contributed by atoms with van der Waals surface area (Å²) in [5, 5.41) is 2.95. The Balaban J connectivity index is 1.57. The van der Waals surface area contributed by atoms with E-state index >= 15 is 0 Å². The van der Waals surface area contributed by atoms with Crippen LogP contribution >= 0.6 is 23.4 Å². The highest BCUT2D eigenvalue weighted by Crippen LogP contribution is 2.30. The van der Waals surface area contributed by atoms with Crippen molar-refractivity contribution >= 4 is 57.7 Å². The minimum atomic E-state index is -0.722. The van der Waals surface area contributed by atoms with Crippen molar-refractivity contribution in [1.29, 1.82) is 0 Å². The number of carbonyl (C=O) groups is 3. The standard InChI is InChI=1S/C28H25ClFN3O4S/c1-2-37-27(36)19-7-11-22(12-8-19)32-28-33(16-15-18-5-3-4-6-23(18)30)25(34)17-24(38-28)26(35)31-21-13-9-20(29)10-14-21/h3-14,24H,2,15-17H2,1H3,(H,31,35)/t24-/m1/s1. The highest BCUT2D eigenvalue weighted by atomic mass is 35.5. The van der Waals surface area contributed by atoms with Gasteiger partial charge in [0.25, 0.3) is 0 Å². The van der Waals surface area contributed by atoms with Crippen LogP contribution < -0.4 is 5.32 Å². The molecular formula is C28H25ClFN3O4S. The maximum Gasteiger partial charge on any atom is 0.338 e. The molecule has 0 aliphatic carbocycles. The van der Waals surface area contributed by atoms with E-state index in [1.807, 2.05) is 0 Å². The molecule has 1 saturated heterocycles. The fourth-order valence-corrected chi connectivity index (χ4v) is 5.00. The molecule has 38 heavy (non-hydrogen) atoms. The van der Waals surface area contributed by atoms with Gasteiger partial charge >= 0.3 is 5.97 Å². The lowest BCUT2D eigenvalue weighted by atomic mass is 10.1. The van der Waals surface area contributed by atoms with Gasteiger partial charge in [-0.3, -0.25) is 14.5 Å². The largest absolute Gasteiger partial charge is 0.462 e. The molecule has 0 radical (unpaired) electrons. The average molecular weight is 554 g/mol. The van der Waals surface area contributed by atoms with Crippen LogP contribution in [-0.4, -0.2) is 46.3 Å². The molecule has 10 heteroatoms. The third-order valence-electron chi connectivity index (χ3n) is 5.71. The normalized spacial score (nSPS) is 16.4. The van der Waals surface area contributed by atoms with Crippen LogP contribution in [0.2, 0.25) is 5.02 Å². The number of amides is 2. The number of anilines is 1. The van der Waals surface area contributed by atoms with Crippen molar-refractivity contribution in [3.63, 3.8) is 0 Å². The van der Waals surface area contributed by atoms with E-state index in [1.54, 1.807) is 73.7 Å². The Kier molecular flexibility index (Phi) is 9.15. The minimum Gasteiger partial charge on any atom is -0.462 e. The van der Waals surface area contributed by atoms with Crippen LogP contribution in [0.5, 0.6) is 0 Å². The summed E-state index contributed by atoms with van der Waals surface area (Å²) in [5.74, 6) is -1.43. The summed E-state index contributed by atoms with van der Waals surface area (Å²) in [6.07, 6.45) is 0.240.